The number of benzene rings is 2. The lowest BCUT2D eigenvalue weighted by Gasteiger charge is -2.31. The molecule has 2 heterocycles. The standard InChI is InChI=1S/C22H23FN4O2/c1-26(16-17-4-2-3-5-20(17)27-12-14-28-15-13-27)22-24-11-10-21(25-22)29-19-8-6-18(23)7-9-19/h2-11H,12-16H2,1H3. The third-order valence-electron chi connectivity index (χ3n) is 4.75. The minimum absolute atomic E-state index is 0.306. The second kappa shape index (κ2) is 8.87. The molecule has 0 spiro atoms. The number of ether oxygens (including phenoxy) is 2. The van der Waals surface area contributed by atoms with E-state index in [2.05, 4.69) is 33.1 Å². The van der Waals surface area contributed by atoms with Crippen LogP contribution in [0.1, 0.15) is 5.56 Å². The molecule has 0 bridgehead atoms. The molecule has 29 heavy (non-hydrogen) atoms. The Labute approximate surface area is 169 Å². The normalized spacial score (nSPS) is 13.9. The fourth-order valence-corrected chi connectivity index (χ4v) is 3.28. The van der Waals surface area contributed by atoms with E-state index in [4.69, 9.17) is 9.47 Å². The molecule has 0 saturated carbocycles. The molecular formula is C22H23FN4O2. The van der Waals surface area contributed by atoms with E-state index in [0.717, 1.165) is 26.3 Å². The van der Waals surface area contributed by atoms with E-state index in [0.29, 0.717) is 24.1 Å². The summed E-state index contributed by atoms with van der Waals surface area (Å²) >= 11 is 0. The molecule has 1 aliphatic rings. The quantitative estimate of drug-likeness (QED) is 0.632. The highest BCUT2D eigenvalue weighted by Crippen LogP contribution is 2.25. The summed E-state index contributed by atoms with van der Waals surface area (Å²) in [5.41, 5.74) is 2.41. The first-order valence-electron chi connectivity index (χ1n) is 9.57. The van der Waals surface area contributed by atoms with Crippen molar-refractivity contribution < 1.29 is 13.9 Å². The van der Waals surface area contributed by atoms with Crippen LogP contribution in [0.3, 0.4) is 0 Å². The lowest BCUT2D eigenvalue weighted by molar-refractivity contribution is 0.122. The number of hydrogen-bond acceptors (Lipinski definition) is 6. The van der Waals surface area contributed by atoms with Crippen molar-refractivity contribution in [2.45, 2.75) is 6.54 Å². The van der Waals surface area contributed by atoms with E-state index < -0.39 is 0 Å². The minimum atomic E-state index is -0.306. The molecule has 150 valence electrons. The van der Waals surface area contributed by atoms with Crippen LogP contribution in [0.15, 0.2) is 60.8 Å². The van der Waals surface area contributed by atoms with Gasteiger partial charge in [-0.15, -0.1) is 0 Å². The summed E-state index contributed by atoms with van der Waals surface area (Å²) in [6, 6.07) is 15.9. The number of nitrogens with zero attached hydrogens (tertiary/aromatic N) is 4. The van der Waals surface area contributed by atoms with Crippen LogP contribution >= 0.6 is 0 Å². The second-order valence-electron chi connectivity index (χ2n) is 6.84. The Kier molecular flexibility index (Phi) is 5.86. The van der Waals surface area contributed by atoms with Gasteiger partial charge in [-0.3, -0.25) is 0 Å². The molecule has 0 amide bonds. The molecule has 1 saturated heterocycles. The molecule has 6 nitrogen and oxygen atoms in total. The fraction of sp³-hybridized carbons (Fsp3) is 0.273. The van der Waals surface area contributed by atoms with Gasteiger partial charge >= 0.3 is 0 Å². The van der Waals surface area contributed by atoms with Crippen molar-refractivity contribution >= 4 is 11.6 Å². The smallest absolute Gasteiger partial charge is 0.228 e. The number of para-hydroxylation sites is 1. The molecule has 4 rings (SSSR count). The topological polar surface area (TPSA) is 50.7 Å². The van der Waals surface area contributed by atoms with Gasteiger partial charge < -0.3 is 19.3 Å². The highest BCUT2D eigenvalue weighted by Gasteiger charge is 2.16. The van der Waals surface area contributed by atoms with Crippen LogP contribution in [-0.4, -0.2) is 43.3 Å². The maximum atomic E-state index is 13.1. The summed E-state index contributed by atoms with van der Waals surface area (Å²) in [4.78, 5) is 13.2. The van der Waals surface area contributed by atoms with Crippen molar-refractivity contribution in [1.29, 1.82) is 0 Å². The first-order valence-corrected chi connectivity index (χ1v) is 9.57. The Bertz CT molecular complexity index is 946. The SMILES string of the molecule is CN(Cc1ccccc1N1CCOCC1)c1nccc(Oc2ccc(F)cc2)n1. The molecule has 7 heteroatoms. The van der Waals surface area contributed by atoms with Crippen LogP contribution in [-0.2, 0) is 11.3 Å². The zero-order valence-electron chi connectivity index (χ0n) is 16.3. The number of hydrogen-bond donors (Lipinski definition) is 0. The summed E-state index contributed by atoms with van der Waals surface area (Å²) < 4.78 is 24.3. The summed E-state index contributed by atoms with van der Waals surface area (Å²) in [5.74, 6) is 1.19. The molecule has 0 aliphatic carbocycles. The molecule has 0 radical (unpaired) electrons. The number of morpholine rings is 1. The number of anilines is 2. The predicted octanol–water partition coefficient (Wildman–Crippen LogP) is 3.88. The van der Waals surface area contributed by atoms with E-state index in [1.54, 1.807) is 24.4 Å². The van der Waals surface area contributed by atoms with Crippen LogP contribution in [0.4, 0.5) is 16.0 Å². The third kappa shape index (κ3) is 4.81. The van der Waals surface area contributed by atoms with E-state index in [1.165, 1.54) is 23.4 Å². The van der Waals surface area contributed by atoms with Crippen molar-refractivity contribution in [3.05, 3.63) is 72.2 Å². The Morgan fingerprint density at radius 2 is 1.83 bits per heavy atom. The van der Waals surface area contributed by atoms with Crippen molar-refractivity contribution in [2.75, 3.05) is 43.2 Å². The third-order valence-corrected chi connectivity index (χ3v) is 4.75. The molecular weight excluding hydrogens is 371 g/mol. The summed E-state index contributed by atoms with van der Waals surface area (Å²) in [7, 11) is 1.95. The number of aromatic nitrogens is 2. The fourth-order valence-electron chi connectivity index (χ4n) is 3.28. The Hall–Kier alpha value is -3.19. The van der Waals surface area contributed by atoms with E-state index in [9.17, 15) is 4.39 Å². The van der Waals surface area contributed by atoms with Gasteiger partial charge in [-0.05, 0) is 35.9 Å². The number of halogens is 1. The van der Waals surface area contributed by atoms with Gasteiger partial charge in [-0.1, -0.05) is 18.2 Å². The molecule has 1 aromatic heterocycles. The highest BCUT2D eigenvalue weighted by molar-refractivity contribution is 5.55. The van der Waals surface area contributed by atoms with E-state index in [1.807, 2.05) is 18.0 Å². The van der Waals surface area contributed by atoms with Gasteiger partial charge in [0.25, 0.3) is 0 Å². The molecule has 0 N–H and O–H groups in total. The second-order valence-corrected chi connectivity index (χ2v) is 6.84. The Balaban J connectivity index is 1.49. The monoisotopic (exact) mass is 394 g/mol. The van der Waals surface area contributed by atoms with Crippen LogP contribution in [0.2, 0.25) is 0 Å². The molecule has 0 atom stereocenters. The molecule has 3 aromatic rings. The lowest BCUT2D eigenvalue weighted by Crippen LogP contribution is -2.37. The highest BCUT2D eigenvalue weighted by atomic mass is 19.1. The number of rotatable bonds is 6. The van der Waals surface area contributed by atoms with Gasteiger partial charge in [-0.25, -0.2) is 9.37 Å². The maximum Gasteiger partial charge on any atom is 0.228 e. The van der Waals surface area contributed by atoms with Crippen molar-refractivity contribution in [1.82, 2.24) is 9.97 Å². The van der Waals surface area contributed by atoms with Gasteiger partial charge in [0.15, 0.2) is 0 Å². The zero-order chi connectivity index (χ0) is 20.1. The molecule has 0 unspecified atom stereocenters. The van der Waals surface area contributed by atoms with Crippen LogP contribution in [0.25, 0.3) is 0 Å². The van der Waals surface area contributed by atoms with Crippen LogP contribution in [0.5, 0.6) is 11.6 Å². The largest absolute Gasteiger partial charge is 0.439 e. The Morgan fingerprint density at radius 1 is 1.07 bits per heavy atom. The van der Waals surface area contributed by atoms with Crippen LogP contribution < -0.4 is 14.5 Å². The molecule has 1 aliphatic heterocycles. The zero-order valence-corrected chi connectivity index (χ0v) is 16.3. The first-order chi connectivity index (χ1) is 14.2. The van der Waals surface area contributed by atoms with Crippen LogP contribution in [0, 0.1) is 5.82 Å². The average Bonchev–Trinajstić information content (AvgIpc) is 2.76. The lowest BCUT2D eigenvalue weighted by atomic mass is 10.1. The molecule has 2 aromatic carbocycles. The average molecular weight is 394 g/mol. The Morgan fingerprint density at radius 3 is 2.62 bits per heavy atom. The predicted molar refractivity (Wildman–Crippen MR) is 110 cm³/mol. The van der Waals surface area contributed by atoms with E-state index >= 15 is 0 Å². The van der Waals surface area contributed by atoms with Crippen molar-refractivity contribution in [2.24, 2.45) is 0 Å². The summed E-state index contributed by atoms with van der Waals surface area (Å²) in [6.07, 6.45) is 1.66. The molecule has 1 fully saturated rings. The van der Waals surface area contributed by atoms with Gasteiger partial charge in [-0.2, -0.15) is 4.98 Å². The van der Waals surface area contributed by atoms with Crippen molar-refractivity contribution in [3.8, 4) is 11.6 Å². The summed E-state index contributed by atoms with van der Waals surface area (Å²) in [5, 5.41) is 0. The van der Waals surface area contributed by atoms with Gasteiger partial charge in [0.05, 0.1) is 13.2 Å². The van der Waals surface area contributed by atoms with Crippen molar-refractivity contribution in [3.63, 3.8) is 0 Å². The van der Waals surface area contributed by atoms with E-state index in [-0.39, 0.29) is 5.82 Å². The summed E-state index contributed by atoms with van der Waals surface area (Å²) in [6.45, 7) is 3.93. The van der Waals surface area contributed by atoms with Gasteiger partial charge in [0, 0.05) is 44.6 Å². The van der Waals surface area contributed by atoms with Gasteiger partial charge in [0.2, 0.25) is 11.8 Å². The maximum absolute atomic E-state index is 13.1. The van der Waals surface area contributed by atoms with Gasteiger partial charge in [0.1, 0.15) is 11.6 Å². The first kappa shape index (κ1) is 19.1. The minimum Gasteiger partial charge on any atom is -0.439 e.